The third-order valence-corrected chi connectivity index (χ3v) is 2.82. The summed E-state index contributed by atoms with van der Waals surface area (Å²) in [5.74, 6) is -1.31. The highest BCUT2D eigenvalue weighted by molar-refractivity contribution is 6.33. The first kappa shape index (κ1) is 12.6. The lowest BCUT2D eigenvalue weighted by molar-refractivity contribution is 0.0526. The van der Waals surface area contributed by atoms with E-state index in [1.807, 2.05) is 0 Å². The van der Waals surface area contributed by atoms with Crippen LogP contribution in [-0.2, 0) is 4.74 Å². The number of fused-ring (bicyclic) bond motifs is 1. The molecule has 1 heterocycles. The standard InChI is InChI=1S/C12H11ClO5/c1-3-17-12(16)8-5(2)18-7-4-6(13)10(14)11(15)9(7)8/h4,14-15H,3H2,1-2H3. The number of phenolic OH excluding ortho intramolecular Hbond substituents is 2. The van der Waals surface area contributed by atoms with Crippen molar-refractivity contribution in [1.82, 2.24) is 0 Å². The van der Waals surface area contributed by atoms with Crippen LogP contribution in [-0.4, -0.2) is 22.8 Å². The number of esters is 1. The normalized spacial score (nSPS) is 10.8. The van der Waals surface area contributed by atoms with E-state index in [1.165, 1.54) is 6.07 Å². The summed E-state index contributed by atoms with van der Waals surface area (Å²) >= 11 is 5.71. The molecular weight excluding hydrogens is 260 g/mol. The summed E-state index contributed by atoms with van der Waals surface area (Å²) in [7, 11) is 0. The molecule has 0 bridgehead atoms. The molecule has 1 aromatic carbocycles. The third kappa shape index (κ3) is 1.76. The summed E-state index contributed by atoms with van der Waals surface area (Å²) < 4.78 is 10.2. The molecule has 2 N–H and O–H groups in total. The molecular formula is C12H11ClO5. The lowest BCUT2D eigenvalue weighted by Crippen LogP contribution is -2.05. The topological polar surface area (TPSA) is 79.9 Å². The fraction of sp³-hybridized carbons (Fsp3) is 0.250. The van der Waals surface area contributed by atoms with Crippen molar-refractivity contribution in [3.05, 3.63) is 22.4 Å². The smallest absolute Gasteiger partial charge is 0.342 e. The molecule has 0 saturated heterocycles. The van der Waals surface area contributed by atoms with E-state index in [9.17, 15) is 15.0 Å². The second-order valence-corrected chi connectivity index (χ2v) is 4.09. The maximum atomic E-state index is 11.8. The first-order valence-corrected chi connectivity index (χ1v) is 5.65. The number of carbonyl (C=O) groups excluding carboxylic acids is 1. The van der Waals surface area contributed by atoms with Gasteiger partial charge in [-0.15, -0.1) is 0 Å². The Morgan fingerprint density at radius 3 is 2.72 bits per heavy atom. The Balaban J connectivity index is 2.78. The molecule has 0 aliphatic carbocycles. The summed E-state index contributed by atoms with van der Waals surface area (Å²) in [5.41, 5.74) is 0.312. The first-order valence-electron chi connectivity index (χ1n) is 5.28. The van der Waals surface area contributed by atoms with Gasteiger partial charge in [-0.1, -0.05) is 11.6 Å². The Morgan fingerprint density at radius 2 is 2.11 bits per heavy atom. The number of phenols is 2. The monoisotopic (exact) mass is 270 g/mol. The number of furan rings is 1. The van der Waals surface area contributed by atoms with Crippen LogP contribution in [0.15, 0.2) is 10.5 Å². The zero-order valence-electron chi connectivity index (χ0n) is 9.78. The summed E-state index contributed by atoms with van der Waals surface area (Å²) in [6, 6.07) is 1.33. The molecule has 0 saturated carbocycles. The van der Waals surface area contributed by atoms with E-state index >= 15 is 0 Å². The predicted molar refractivity (Wildman–Crippen MR) is 65.2 cm³/mol. The van der Waals surface area contributed by atoms with Crippen molar-refractivity contribution < 1.29 is 24.2 Å². The van der Waals surface area contributed by atoms with E-state index in [1.54, 1.807) is 13.8 Å². The zero-order chi connectivity index (χ0) is 13.4. The average molecular weight is 271 g/mol. The van der Waals surface area contributed by atoms with Crippen LogP contribution in [0.5, 0.6) is 11.5 Å². The molecule has 0 amide bonds. The van der Waals surface area contributed by atoms with Crippen LogP contribution in [0.3, 0.4) is 0 Å². The largest absolute Gasteiger partial charge is 0.504 e. The molecule has 2 aromatic rings. The zero-order valence-corrected chi connectivity index (χ0v) is 10.5. The summed E-state index contributed by atoms with van der Waals surface area (Å²) in [5, 5.41) is 19.5. The van der Waals surface area contributed by atoms with Gasteiger partial charge in [-0.05, 0) is 13.8 Å². The molecule has 0 radical (unpaired) electrons. The lowest BCUT2D eigenvalue weighted by Gasteiger charge is -2.03. The van der Waals surface area contributed by atoms with Crippen LogP contribution in [0.4, 0.5) is 0 Å². The Morgan fingerprint density at radius 1 is 1.44 bits per heavy atom. The number of carbonyl (C=O) groups is 1. The van der Waals surface area contributed by atoms with Crippen LogP contribution in [0.25, 0.3) is 11.0 Å². The first-order chi connectivity index (χ1) is 8.47. The van der Waals surface area contributed by atoms with Gasteiger partial charge in [0.2, 0.25) is 0 Å². The molecule has 96 valence electrons. The van der Waals surface area contributed by atoms with Crippen molar-refractivity contribution in [1.29, 1.82) is 0 Å². The van der Waals surface area contributed by atoms with E-state index in [-0.39, 0.29) is 28.2 Å². The van der Waals surface area contributed by atoms with E-state index in [2.05, 4.69) is 0 Å². The maximum Gasteiger partial charge on any atom is 0.342 e. The molecule has 1 aromatic heterocycles. The van der Waals surface area contributed by atoms with Crippen LogP contribution in [0.2, 0.25) is 5.02 Å². The molecule has 18 heavy (non-hydrogen) atoms. The molecule has 0 aliphatic heterocycles. The second-order valence-electron chi connectivity index (χ2n) is 3.68. The fourth-order valence-electron chi connectivity index (χ4n) is 1.77. The Bertz CT molecular complexity index is 629. The number of aryl methyl sites for hydroxylation is 1. The number of aromatic hydroxyl groups is 2. The fourth-order valence-corrected chi connectivity index (χ4v) is 1.96. The SMILES string of the molecule is CCOC(=O)c1c(C)oc2cc(Cl)c(O)c(O)c12. The minimum atomic E-state index is -0.620. The van der Waals surface area contributed by atoms with Gasteiger partial charge in [-0.25, -0.2) is 4.79 Å². The van der Waals surface area contributed by atoms with Crippen molar-refractivity contribution in [3.63, 3.8) is 0 Å². The second kappa shape index (κ2) is 4.42. The molecule has 6 heteroatoms. The van der Waals surface area contributed by atoms with Gasteiger partial charge in [0, 0.05) is 6.07 Å². The van der Waals surface area contributed by atoms with Crippen LogP contribution < -0.4 is 0 Å². The Hall–Kier alpha value is -1.88. The van der Waals surface area contributed by atoms with Crippen LogP contribution >= 0.6 is 11.6 Å². The third-order valence-electron chi connectivity index (χ3n) is 2.54. The number of hydrogen-bond donors (Lipinski definition) is 2. The van der Waals surface area contributed by atoms with Crippen molar-refractivity contribution in [2.75, 3.05) is 6.61 Å². The van der Waals surface area contributed by atoms with Gasteiger partial charge in [0.1, 0.15) is 16.9 Å². The van der Waals surface area contributed by atoms with E-state index in [0.29, 0.717) is 5.76 Å². The summed E-state index contributed by atoms with van der Waals surface area (Å²) in [6.45, 7) is 3.44. The van der Waals surface area contributed by atoms with Crippen molar-refractivity contribution in [2.24, 2.45) is 0 Å². The number of rotatable bonds is 2. The van der Waals surface area contributed by atoms with Gasteiger partial charge in [0.15, 0.2) is 11.5 Å². The van der Waals surface area contributed by atoms with Gasteiger partial charge >= 0.3 is 5.97 Å². The van der Waals surface area contributed by atoms with Crippen molar-refractivity contribution >= 4 is 28.5 Å². The van der Waals surface area contributed by atoms with Gasteiger partial charge in [-0.2, -0.15) is 0 Å². The van der Waals surface area contributed by atoms with Gasteiger partial charge in [0.05, 0.1) is 17.0 Å². The highest BCUT2D eigenvalue weighted by Crippen LogP contribution is 2.43. The van der Waals surface area contributed by atoms with Gasteiger partial charge < -0.3 is 19.4 Å². The van der Waals surface area contributed by atoms with Crippen LogP contribution in [0, 0.1) is 6.92 Å². The van der Waals surface area contributed by atoms with Crippen molar-refractivity contribution in [2.45, 2.75) is 13.8 Å². The van der Waals surface area contributed by atoms with E-state index in [0.717, 1.165) is 0 Å². The number of hydrogen-bond acceptors (Lipinski definition) is 5. The molecule has 0 unspecified atom stereocenters. The summed E-state index contributed by atoms with van der Waals surface area (Å²) in [4.78, 5) is 11.8. The minimum Gasteiger partial charge on any atom is -0.504 e. The molecule has 0 aliphatic rings. The summed E-state index contributed by atoms with van der Waals surface area (Å²) in [6.07, 6.45) is 0. The minimum absolute atomic E-state index is 0.0517. The number of ether oxygens (including phenoxy) is 1. The predicted octanol–water partition coefficient (Wildman–Crippen LogP) is 2.98. The van der Waals surface area contributed by atoms with E-state index < -0.39 is 17.5 Å². The van der Waals surface area contributed by atoms with Crippen molar-refractivity contribution in [3.8, 4) is 11.5 Å². The Labute approximate surface area is 108 Å². The van der Waals surface area contributed by atoms with E-state index in [4.69, 9.17) is 20.8 Å². The molecule has 0 atom stereocenters. The highest BCUT2D eigenvalue weighted by Gasteiger charge is 2.25. The van der Waals surface area contributed by atoms with Crippen LogP contribution in [0.1, 0.15) is 23.0 Å². The molecule has 5 nitrogen and oxygen atoms in total. The molecule has 2 rings (SSSR count). The average Bonchev–Trinajstić information content (AvgIpc) is 2.63. The highest BCUT2D eigenvalue weighted by atomic mass is 35.5. The lowest BCUT2D eigenvalue weighted by atomic mass is 10.1. The number of benzene rings is 1. The molecule has 0 fully saturated rings. The van der Waals surface area contributed by atoms with Gasteiger partial charge in [0.25, 0.3) is 0 Å². The van der Waals surface area contributed by atoms with Gasteiger partial charge in [-0.3, -0.25) is 0 Å². The number of halogens is 1. The molecule has 0 spiro atoms. The Kier molecular flexibility index (Phi) is 3.09. The quantitative estimate of drug-likeness (QED) is 0.648. The maximum absolute atomic E-state index is 11.8.